The van der Waals surface area contributed by atoms with E-state index >= 15 is 0 Å². The Kier molecular flexibility index (Phi) is 7.61. The molecule has 2 atom stereocenters. The van der Waals surface area contributed by atoms with Crippen molar-refractivity contribution in [2.24, 2.45) is 5.41 Å². The summed E-state index contributed by atoms with van der Waals surface area (Å²) >= 11 is 0. The summed E-state index contributed by atoms with van der Waals surface area (Å²) in [5, 5.41) is 0. The molecule has 0 nitrogen and oxygen atoms in total. The van der Waals surface area contributed by atoms with E-state index < -0.39 is 29.4 Å². The fraction of sp³-hybridized carbons (Fsp3) is 0.700. The smallest absolute Gasteiger partial charge is 0.166 e. The van der Waals surface area contributed by atoms with Gasteiger partial charge in [0.25, 0.3) is 0 Å². The van der Waals surface area contributed by atoms with E-state index in [0.717, 1.165) is 44.2 Å². The van der Waals surface area contributed by atoms with Crippen molar-refractivity contribution in [1.82, 2.24) is 0 Å². The molecule has 26 heavy (non-hydrogen) atoms. The fourth-order valence-electron chi connectivity index (χ4n) is 3.29. The van der Waals surface area contributed by atoms with Crippen LogP contribution in [0.1, 0.15) is 88.8 Å². The van der Waals surface area contributed by atoms with Crippen molar-refractivity contribution in [2.45, 2.75) is 84.5 Å². The van der Waals surface area contributed by atoms with Crippen LogP contribution in [-0.2, 0) is 12.4 Å². The number of hydrogen-bond donors (Lipinski definition) is 0. The molecule has 0 saturated heterocycles. The van der Waals surface area contributed by atoms with E-state index in [0.29, 0.717) is 6.42 Å². The van der Waals surface area contributed by atoms with Crippen LogP contribution in [0.4, 0.5) is 26.3 Å². The minimum atomic E-state index is -4.81. The van der Waals surface area contributed by atoms with E-state index in [4.69, 9.17) is 0 Å². The molecule has 2 unspecified atom stereocenters. The van der Waals surface area contributed by atoms with Gasteiger partial charge in [-0.05, 0) is 41.5 Å². The zero-order chi connectivity index (χ0) is 20.2. The van der Waals surface area contributed by atoms with Gasteiger partial charge in [0.2, 0.25) is 0 Å². The second-order valence-electron chi connectivity index (χ2n) is 7.38. The third-order valence-corrected chi connectivity index (χ3v) is 5.56. The predicted molar refractivity (Wildman–Crippen MR) is 92.0 cm³/mol. The van der Waals surface area contributed by atoms with Gasteiger partial charge in [0.05, 0.1) is 11.1 Å². The second-order valence-corrected chi connectivity index (χ2v) is 7.38. The molecule has 0 aliphatic carbocycles. The highest BCUT2D eigenvalue weighted by molar-refractivity contribution is 5.36. The van der Waals surface area contributed by atoms with Crippen LogP contribution in [0.5, 0.6) is 0 Å². The van der Waals surface area contributed by atoms with Gasteiger partial charge in [0.15, 0.2) is 0 Å². The summed E-state index contributed by atoms with van der Waals surface area (Å²) in [4.78, 5) is 0. The molecule has 0 amide bonds. The number of halogens is 6. The van der Waals surface area contributed by atoms with E-state index in [-0.39, 0.29) is 17.0 Å². The van der Waals surface area contributed by atoms with E-state index in [9.17, 15) is 26.3 Å². The van der Waals surface area contributed by atoms with Crippen LogP contribution in [0, 0.1) is 5.41 Å². The lowest BCUT2D eigenvalue weighted by molar-refractivity contribution is -0.143. The van der Waals surface area contributed by atoms with Gasteiger partial charge in [0, 0.05) is 0 Å². The number of alkyl halides is 6. The van der Waals surface area contributed by atoms with Gasteiger partial charge in [-0.25, -0.2) is 0 Å². The van der Waals surface area contributed by atoms with Crippen molar-refractivity contribution in [2.75, 3.05) is 0 Å². The Balaban J connectivity index is 3.25. The maximum absolute atomic E-state index is 13.1. The van der Waals surface area contributed by atoms with Crippen LogP contribution in [0.25, 0.3) is 0 Å². The van der Waals surface area contributed by atoms with Crippen molar-refractivity contribution in [3.8, 4) is 0 Å². The number of benzene rings is 1. The Morgan fingerprint density at radius 3 is 1.69 bits per heavy atom. The first-order valence-corrected chi connectivity index (χ1v) is 9.14. The van der Waals surface area contributed by atoms with E-state index in [1.54, 1.807) is 6.92 Å². The lowest BCUT2D eigenvalue weighted by atomic mass is 9.69. The molecular formula is C20H28F6. The van der Waals surface area contributed by atoms with Crippen molar-refractivity contribution in [1.29, 1.82) is 0 Å². The van der Waals surface area contributed by atoms with Crippen molar-refractivity contribution in [3.63, 3.8) is 0 Å². The molecule has 0 fully saturated rings. The lowest BCUT2D eigenvalue weighted by Gasteiger charge is -2.36. The van der Waals surface area contributed by atoms with Crippen LogP contribution >= 0.6 is 0 Å². The summed E-state index contributed by atoms with van der Waals surface area (Å²) in [6, 6.07) is 1.94. The third-order valence-electron chi connectivity index (χ3n) is 5.56. The Morgan fingerprint density at radius 2 is 1.31 bits per heavy atom. The SMILES string of the molecule is CCCCCCC(C)(CC)C(C)c1cc(C(F)(F)F)cc(C(F)(F)F)c1. The maximum atomic E-state index is 13.1. The third kappa shape index (κ3) is 5.92. The molecule has 0 aliphatic rings. The van der Waals surface area contributed by atoms with Crippen LogP contribution in [0.2, 0.25) is 0 Å². The van der Waals surface area contributed by atoms with Gasteiger partial charge in [0.1, 0.15) is 0 Å². The summed E-state index contributed by atoms with van der Waals surface area (Å²) in [6.45, 7) is 7.72. The minimum Gasteiger partial charge on any atom is -0.166 e. The van der Waals surface area contributed by atoms with Crippen LogP contribution in [-0.4, -0.2) is 0 Å². The minimum absolute atomic E-state index is 0.104. The Bertz CT molecular complexity index is 540. The molecule has 1 aromatic rings. The number of unbranched alkanes of at least 4 members (excludes halogenated alkanes) is 3. The molecule has 0 radical (unpaired) electrons. The maximum Gasteiger partial charge on any atom is 0.416 e. The monoisotopic (exact) mass is 382 g/mol. The van der Waals surface area contributed by atoms with Gasteiger partial charge in [-0.3, -0.25) is 0 Å². The Morgan fingerprint density at radius 1 is 0.808 bits per heavy atom. The molecule has 0 aromatic heterocycles. The molecule has 0 N–H and O–H groups in total. The molecular weight excluding hydrogens is 354 g/mol. The van der Waals surface area contributed by atoms with Gasteiger partial charge >= 0.3 is 12.4 Å². The molecule has 0 bridgehead atoms. The van der Waals surface area contributed by atoms with Crippen LogP contribution in [0.15, 0.2) is 18.2 Å². The van der Waals surface area contributed by atoms with Gasteiger partial charge in [-0.15, -0.1) is 0 Å². The fourth-order valence-corrected chi connectivity index (χ4v) is 3.29. The summed E-state index contributed by atoms with van der Waals surface area (Å²) in [6.07, 6.45) is -4.04. The summed E-state index contributed by atoms with van der Waals surface area (Å²) in [5.74, 6) is -0.405. The van der Waals surface area contributed by atoms with Gasteiger partial charge in [-0.1, -0.05) is 59.8 Å². The molecule has 6 heteroatoms. The molecule has 1 rings (SSSR count). The molecule has 0 aliphatic heterocycles. The van der Waals surface area contributed by atoms with Crippen LogP contribution in [0.3, 0.4) is 0 Å². The molecule has 150 valence electrons. The second kappa shape index (κ2) is 8.66. The topological polar surface area (TPSA) is 0 Å². The first-order valence-electron chi connectivity index (χ1n) is 9.14. The van der Waals surface area contributed by atoms with Gasteiger partial charge < -0.3 is 0 Å². The highest BCUT2D eigenvalue weighted by atomic mass is 19.4. The highest BCUT2D eigenvalue weighted by Crippen LogP contribution is 2.45. The predicted octanol–water partition coefficient (Wildman–Crippen LogP) is 8.21. The van der Waals surface area contributed by atoms with E-state index in [1.165, 1.54) is 0 Å². The first-order chi connectivity index (χ1) is 11.8. The molecule has 1 aromatic carbocycles. The van der Waals surface area contributed by atoms with Crippen LogP contribution < -0.4 is 0 Å². The summed E-state index contributed by atoms with van der Waals surface area (Å²) in [7, 11) is 0. The number of rotatable bonds is 8. The molecule has 0 spiro atoms. The van der Waals surface area contributed by atoms with E-state index in [2.05, 4.69) is 6.92 Å². The summed E-state index contributed by atoms with van der Waals surface area (Å²) < 4.78 is 78.6. The zero-order valence-corrected chi connectivity index (χ0v) is 15.8. The molecule has 0 saturated carbocycles. The quantitative estimate of drug-likeness (QED) is 0.314. The average molecular weight is 382 g/mol. The van der Waals surface area contributed by atoms with Crippen molar-refractivity contribution < 1.29 is 26.3 Å². The highest BCUT2D eigenvalue weighted by Gasteiger charge is 2.39. The standard InChI is InChI=1S/C20H28F6/c1-5-7-8-9-10-18(4,6-2)14(3)15-11-16(19(21,22)23)13-17(12-15)20(24,25)26/h11-14H,5-10H2,1-4H3. The van der Waals surface area contributed by atoms with Crippen molar-refractivity contribution in [3.05, 3.63) is 34.9 Å². The summed E-state index contributed by atoms with van der Waals surface area (Å²) in [5.41, 5.74) is -2.72. The zero-order valence-electron chi connectivity index (χ0n) is 15.8. The average Bonchev–Trinajstić information content (AvgIpc) is 2.56. The van der Waals surface area contributed by atoms with E-state index in [1.807, 2.05) is 13.8 Å². The first kappa shape index (κ1) is 22.8. The lowest BCUT2D eigenvalue weighted by Crippen LogP contribution is -2.24. The molecule has 0 heterocycles. The number of hydrogen-bond acceptors (Lipinski definition) is 0. The largest absolute Gasteiger partial charge is 0.416 e. The van der Waals surface area contributed by atoms with Gasteiger partial charge in [-0.2, -0.15) is 26.3 Å². The van der Waals surface area contributed by atoms with Crippen molar-refractivity contribution >= 4 is 0 Å². The Hall–Kier alpha value is -1.20. The Labute approximate surface area is 152 Å². The normalized spacial score (nSPS) is 16.4.